The molecule has 3 rings (SSSR count). The van der Waals surface area contributed by atoms with Gasteiger partial charge in [-0.25, -0.2) is 0 Å². The molecule has 1 aliphatic carbocycles. The van der Waals surface area contributed by atoms with E-state index in [-0.39, 0.29) is 12.0 Å². The Hall–Kier alpha value is -1.34. The Labute approximate surface area is 164 Å². The number of carbonyl (C=O) groups is 1. The molecule has 7 nitrogen and oxygen atoms in total. The molecule has 27 heavy (non-hydrogen) atoms. The Morgan fingerprint density at radius 3 is 2.44 bits per heavy atom. The van der Waals surface area contributed by atoms with E-state index in [2.05, 4.69) is 35.9 Å². The van der Waals surface area contributed by atoms with Crippen LogP contribution in [-0.4, -0.2) is 97.2 Å². The van der Waals surface area contributed by atoms with Crippen LogP contribution < -0.4 is 5.32 Å². The predicted molar refractivity (Wildman–Crippen MR) is 108 cm³/mol. The minimum absolute atomic E-state index is 0.172. The average Bonchev–Trinajstić information content (AvgIpc) is 3.35. The fourth-order valence-corrected chi connectivity index (χ4v) is 4.08. The fraction of sp³-hybridized carbons (Fsp3) is 0.900. The van der Waals surface area contributed by atoms with Crippen LogP contribution in [0.15, 0.2) is 4.99 Å². The zero-order chi connectivity index (χ0) is 19.2. The van der Waals surface area contributed by atoms with Gasteiger partial charge in [0.1, 0.15) is 6.10 Å². The van der Waals surface area contributed by atoms with Gasteiger partial charge >= 0.3 is 0 Å². The van der Waals surface area contributed by atoms with Crippen LogP contribution in [0.25, 0.3) is 0 Å². The standard InChI is InChI=1S/C20H37N5O2/c1-4-21-20(22-9-10-25(16(2)3)17-7-8-17)24-13-11-23(12-14-24)19(26)18-6-5-15-27-18/h16-18H,4-15H2,1-3H3,(H,21,22). The van der Waals surface area contributed by atoms with Gasteiger partial charge in [-0.1, -0.05) is 0 Å². The molecule has 2 heterocycles. The first-order valence-electron chi connectivity index (χ1n) is 10.8. The highest BCUT2D eigenvalue weighted by Crippen LogP contribution is 2.28. The van der Waals surface area contributed by atoms with Crippen molar-refractivity contribution in [1.29, 1.82) is 0 Å². The van der Waals surface area contributed by atoms with E-state index in [9.17, 15) is 4.79 Å². The van der Waals surface area contributed by atoms with Gasteiger partial charge in [0, 0.05) is 58.0 Å². The summed E-state index contributed by atoms with van der Waals surface area (Å²) in [7, 11) is 0. The molecular weight excluding hydrogens is 342 g/mol. The molecule has 0 bridgehead atoms. The minimum Gasteiger partial charge on any atom is -0.368 e. The second-order valence-electron chi connectivity index (χ2n) is 8.11. The van der Waals surface area contributed by atoms with E-state index in [1.54, 1.807) is 0 Å². The van der Waals surface area contributed by atoms with Crippen LogP contribution in [0.3, 0.4) is 0 Å². The van der Waals surface area contributed by atoms with Crippen LogP contribution in [0.1, 0.15) is 46.5 Å². The molecule has 2 aliphatic heterocycles. The molecular formula is C20H37N5O2. The normalized spacial score (nSPS) is 24.2. The monoisotopic (exact) mass is 379 g/mol. The molecule has 0 spiro atoms. The molecule has 1 amide bonds. The number of aliphatic imine (C=N–C) groups is 1. The molecule has 0 aromatic rings. The number of ether oxygens (including phenoxy) is 1. The van der Waals surface area contributed by atoms with Crippen molar-refractivity contribution >= 4 is 11.9 Å². The minimum atomic E-state index is -0.206. The van der Waals surface area contributed by atoms with Gasteiger partial charge in [0.2, 0.25) is 0 Å². The summed E-state index contributed by atoms with van der Waals surface area (Å²) in [6.07, 6.45) is 4.34. The molecule has 0 radical (unpaired) electrons. The van der Waals surface area contributed by atoms with Gasteiger partial charge in [0.15, 0.2) is 5.96 Å². The van der Waals surface area contributed by atoms with E-state index in [1.165, 1.54) is 12.8 Å². The molecule has 1 saturated carbocycles. The van der Waals surface area contributed by atoms with Crippen molar-refractivity contribution in [1.82, 2.24) is 20.0 Å². The SMILES string of the molecule is CCNC(=NCCN(C(C)C)C1CC1)N1CCN(C(=O)C2CCCO2)CC1. The number of guanidine groups is 1. The number of carbonyl (C=O) groups excluding carboxylic acids is 1. The lowest BCUT2D eigenvalue weighted by Gasteiger charge is -2.37. The first-order valence-corrected chi connectivity index (χ1v) is 10.8. The van der Waals surface area contributed by atoms with Gasteiger partial charge in [-0.3, -0.25) is 14.7 Å². The molecule has 0 aromatic heterocycles. The molecule has 2 saturated heterocycles. The topological polar surface area (TPSA) is 60.4 Å². The van der Waals surface area contributed by atoms with Crippen LogP contribution >= 0.6 is 0 Å². The number of piperazine rings is 1. The molecule has 154 valence electrons. The van der Waals surface area contributed by atoms with E-state index in [0.717, 1.165) is 77.3 Å². The average molecular weight is 380 g/mol. The van der Waals surface area contributed by atoms with Crippen molar-refractivity contribution in [2.45, 2.75) is 64.6 Å². The highest BCUT2D eigenvalue weighted by Gasteiger charge is 2.32. The Kier molecular flexibility index (Phi) is 7.35. The van der Waals surface area contributed by atoms with Gasteiger partial charge in [-0.05, 0) is 46.5 Å². The Morgan fingerprint density at radius 1 is 1.19 bits per heavy atom. The summed E-state index contributed by atoms with van der Waals surface area (Å²) in [4.78, 5) is 24.2. The number of hydrogen-bond acceptors (Lipinski definition) is 4. The summed E-state index contributed by atoms with van der Waals surface area (Å²) in [6, 6.07) is 1.36. The van der Waals surface area contributed by atoms with Crippen molar-refractivity contribution in [3.63, 3.8) is 0 Å². The quantitative estimate of drug-likeness (QED) is 0.531. The predicted octanol–water partition coefficient (Wildman–Crippen LogP) is 1.15. The van der Waals surface area contributed by atoms with Gasteiger partial charge in [0.05, 0.1) is 6.54 Å². The lowest BCUT2D eigenvalue weighted by atomic mass is 10.2. The van der Waals surface area contributed by atoms with Crippen molar-refractivity contribution in [2.75, 3.05) is 52.4 Å². The lowest BCUT2D eigenvalue weighted by molar-refractivity contribution is -0.142. The number of amides is 1. The Balaban J connectivity index is 1.49. The van der Waals surface area contributed by atoms with Gasteiger partial charge in [-0.15, -0.1) is 0 Å². The summed E-state index contributed by atoms with van der Waals surface area (Å²) in [5, 5.41) is 3.43. The number of nitrogens with one attached hydrogen (secondary N) is 1. The van der Waals surface area contributed by atoms with Crippen LogP contribution in [0.5, 0.6) is 0 Å². The number of rotatable bonds is 7. The molecule has 1 atom stereocenters. The molecule has 3 aliphatic rings. The fourth-order valence-electron chi connectivity index (χ4n) is 4.08. The third-order valence-corrected chi connectivity index (χ3v) is 5.73. The van der Waals surface area contributed by atoms with E-state index in [1.807, 2.05) is 4.90 Å². The van der Waals surface area contributed by atoms with Gasteiger partial charge < -0.3 is 19.9 Å². The maximum absolute atomic E-state index is 12.5. The summed E-state index contributed by atoms with van der Waals surface area (Å²) < 4.78 is 5.55. The van der Waals surface area contributed by atoms with Crippen molar-refractivity contribution in [2.24, 2.45) is 4.99 Å². The first kappa shape index (κ1) is 20.4. The van der Waals surface area contributed by atoms with E-state index >= 15 is 0 Å². The molecule has 1 unspecified atom stereocenters. The Bertz CT molecular complexity index is 505. The zero-order valence-electron chi connectivity index (χ0n) is 17.3. The summed E-state index contributed by atoms with van der Waals surface area (Å²) in [5.41, 5.74) is 0. The summed E-state index contributed by atoms with van der Waals surface area (Å²) >= 11 is 0. The summed E-state index contributed by atoms with van der Waals surface area (Å²) in [5.74, 6) is 1.16. The summed E-state index contributed by atoms with van der Waals surface area (Å²) in [6.45, 7) is 13.3. The Morgan fingerprint density at radius 2 is 1.89 bits per heavy atom. The molecule has 1 N–H and O–H groups in total. The smallest absolute Gasteiger partial charge is 0.251 e. The zero-order valence-corrected chi connectivity index (χ0v) is 17.3. The van der Waals surface area contributed by atoms with E-state index < -0.39 is 0 Å². The molecule has 0 aromatic carbocycles. The third-order valence-electron chi connectivity index (χ3n) is 5.73. The van der Waals surface area contributed by atoms with E-state index in [4.69, 9.17) is 9.73 Å². The van der Waals surface area contributed by atoms with Crippen molar-refractivity contribution in [3.8, 4) is 0 Å². The maximum Gasteiger partial charge on any atom is 0.251 e. The number of nitrogens with zero attached hydrogens (tertiary/aromatic N) is 4. The largest absolute Gasteiger partial charge is 0.368 e. The maximum atomic E-state index is 12.5. The highest BCUT2D eigenvalue weighted by atomic mass is 16.5. The van der Waals surface area contributed by atoms with Crippen LogP contribution in [0.2, 0.25) is 0 Å². The lowest BCUT2D eigenvalue weighted by Crippen LogP contribution is -2.55. The third kappa shape index (κ3) is 5.57. The molecule has 7 heteroatoms. The first-order chi connectivity index (χ1) is 13.1. The van der Waals surface area contributed by atoms with Gasteiger partial charge in [0.25, 0.3) is 5.91 Å². The number of hydrogen-bond donors (Lipinski definition) is 1. The van der Waals surface area contributed by atoms with Gasteiger partial charge in [-0.2, -0.15) is 0 Å². The van der Waals surface area contributed by atoms with Crippen LogP contribution in [0.4, 0.5) is 0 Å². The molecule has 3 fully saturated rings. The second-order valence-corrected chi connectivity index (χ2v) is 8.11. The van der Waals surface area contributed by atoms with Crippen molar-refractivity contribution in [3.05, 3.63) is 0 Å². The van der Waals surface area contributed by atoms with Crippen LogP contribution in [-0.2, 0) is 9.53 Å². The second kappa shape index (κ2) is 9.73. The van der Waals surface area contributed by atoms with Crippen molar-refractivity contribution < 1.29 is 9.53 Å². The highest BCUT2D eigenvalue weighted by molar-refractivity contribution is 5.82. The van der Waals surface area contributed by atoms with Crippen LogP contribution in [0, 0.1) is 0 Å². The van der Waals surface area contributed by atoms with E-state index in [0.29, 0.717) is 6.04 Å².